The van der Waals surface area contributed by atoms with E-state index < -0.39 is 0 Å². The van der Waals surface area contributed by atoms with Gasteiger partial charge in [0, 0.05) is 12.3 Å². The van der Waals surface area contributed by atoms with E-state index in [-0.39, 0.29) is 0 Å². The molecular formula is C5H10N4S. The Balaban J connectivity index is 2.15. The summed E-state index contributed by atoms with van der Waals surface area (Å²) < 4.78 is 0. The minimum Gasteiger partial charge on any atom is -0.330 e. The van der Waals surface area contributed by atoms with Gasteiger partial charge in [-0.25, -0.2) is 4.98 Å². The summed E-state index contributed by atoms with van der Waals surface area (Å²) in [6.45, 7) is 0.721. The Morgan fingerprint density at radius 3 is 3.20 bits per heavy atom. The molecule has 0 aliphatic carbocycles. The molecule has 0 saturated heterocycles. The Bertz CT molecular complexity index is 162. The molecule has 0 aliphatic rings. The Hall–Kier alpha value is -0.550. The van der Waals surface area contributed by atoms with Crippen molar-refractivity contribution in [3.05, 3.63) is 12.2 Å². The largest absolute Gasteiger partial charge is 0.330 e. The number of nitrogens with two attached hydrogens (primary N) is 1. The van der Waals surface area contributed by atoms with Gasteiger partial charge in [0.05, 0.1) is 5.75 Å². The zero-order chi connectivity index (χ0) is 7.23. The molecule has 4 nitrogen and oxygen atoms in total. The fourth-order valence-corrected chi connectivity index (χ4v) is 1.20. The van der Waals surface area contributed by atoms with Crippen molar-refractivity contribution in [2.45, 2.75) is 5.75 Å². The van der Waals surface area contributed by atoms with Gasteiger partial charge in [-0.05, 0) is 0 Å². The topological polar surface area (TPSA) is 67.6 Å². The lowest BCUT2D eigenvalue weighted by Gasteiger charge is -1.92. The average molecular weight is 158 g/mol. The minimum absolute atomic E-state index is 0.721. The maximum Gasteiger partial charge on any atom is 0.137 e. The van der Waals surface area contributed by atoms with E-state index in [1.54, 1.807) is 11.8 Å². The number of thioether (sulfide) groups is 1. The van der Waals surface area contributed by atoms with Crippen molar-refractivity contribution in [1.29, 1.82) is 0 Å². The second-order valence-corrected chi connectivity index (χ2v) is 2.88. The molecule has 0 aliphatic heterocycles. The molecule has 0 fully saturated rings. The highest BCUT2D eigenvalue weighted by molar-refractivity contribution is 7.98. The molecule has 3 N–H and O–H groups in total. The molecule has 1 heterocycles. The Labute approximate surface area is 63.6 Å². The van der Waals surface area contributed by atoms with Gasteiger partial charge in [-0.2, -0.15) is 16.9 Å². The predicted octanol–water partition coefficient (Wildman–Crippen LogP) is -0.00340. The predicted molar refractivity (Wildman–Crippen MR) is 41.6 cm³/mol. The van der Waals surface area contributed by atoms with E-state index in [9.17, 15) is 0 Å². The zero-order valence-corrected chi connectivity index (χ0v) is 6.40. The van der Waals surface area contributed by atoms with Gasteiger partial charge in [-0.3, -0.25) is 5.10 Å². The lowest BCUT2D eigenvalue weighted by molar-refractivity contribution is 1.02. The first-order chi connectivity index (χ1) is 4.93. The number of aromatic amines is 1. The SMILES string of the molecule is NCCSCc1ncn[nH]1. The second kappa shape index (κ2) is 4.29. The quantitative estimate of drug-likeness (QED) is 0.605. The van der Waals surface area contributed by atoms with Crippen molar-refractivity contribution in [1.82, 2.24) is 15.2 Å². The van der Waals surface area contributed by atoms with Crippen molar-refractivity contribution >= 4 is 11.8 Å². The molecule has 0 spiro atoms. The molecule has 56 valence electrons. The van der Waals surface area contributed by atoms with Crippen molar-refractivity contribution in [2.75, 3.05) is 12.3 Å². The zero-order valence-electron chi connectivity index (χ0n) is 5.58. The van der Waals surface area contributed by atoms with Crippen LogP contribution in [0.1, 0.15) is 5.82 Å². The number of H-pyrrole nitrogens is 1. The Morgan fingerprint density at radius 1 is 1.70 bits per heavy atom. The summed E-state index contributed by atoms with van der Waals surface area (Å²) in [5.74, 6) is 2.76. The number of nitrogens with zero attached hydrogens (tertiary/aromatic N) is 2. The molecule has 1 aromatic heterocycles. The van der Waals surface area contributed by atoms with Crippen LogP contribution < -0.4 is 5.73 Å². The first-order valence-electron chi connectivity index (χ1n) is 3.05. The highest BCUT2D eigenvalue weighted by atomic mass is 32.2. The van der Waals surface area contributed by atoms with Gasteiger partial charge in [0.2, 0.25) is 0 Å². The molecule has 10 heavy (non-hydrogen) atoms. The van der Waals surface area contributed by atoms with Crippen LogP contribution in [0.2, 0.25) is 0 Å². The van der Waals surface area contributed by atoms with Crippen molar-refractivity contribution in [3.63, 3.8) is 0 Å². The molecule has 1 rings (SSSR count). The van der Waals surface area contributed by atoms with Crippen molar-refractivity contribution < 1.29 is 0 Å². The number of nitrogens with one attached hydrogen (secondary N) is 1. The van der Waals surface area contributed by atoms with Gasteiger partial charge >= 0.3 is 0 Å². The average Bonchev–Trinajstić information content (AvgIpc) is 2.41. The minimum atomic E-state index is 0.721. The van der Waals surface area contributed by atoms with Crippen LogP contribution in [0.15, 0.2) is 6.33 Å². The van der Waals surface area contributed by atoms with Gasteiger partial charge in [-0.15, -0.1) is 0 Å². The van der Waals surface area contributed by atoms with Gasteiger partial charge in [0.15, 0.2) is 0 Å². The monoisotopic (exact) mass is 158 g/mol. The van der Waals surface area contributed by atoms with Crippen LogP contribution in [0.5, 0.6) is 0 Å². The fraction of sp³-hybridized carbons (Fsp3) is 0.600. The number of hydrogen-bond acceptors (Lipinski definition) is 4. The van der Waals surface area contributed by atoms with Gasteiger partial charge in [0.1, 0.15) is 12.2 Å². The van der Waals surface area contributed by atoms with Crippen LogP contribution in [0.25, 0.3) is 0 Å². The van der Waals surface area contributed by atoms with Crippen LogP contribution in [0, 0.1) is 0 Å². The third-order valence-corrected chi connectivity index (χ3v) is 1.97. The number of hydrogen-bond donors (Lipinski definition) is 2. The van der Waals surface area contributed by atoms with E-state index >= 15 is 0 Å². The third-order valence-electron chi connectivity index (χ3n) is 0.966. The fourth-order valence-electron chi connectivity index (χ4n) is 0.553. The Kier molecular flexibility index (Phi) is 3.25. The number of rotatable bonds is 4. The molecule has 5 heteroatoms. The summed E-state index contributed by atoms with van der Waals surface area (Å²) in [5, 5.41) is 6.49. The highest BCUT2D eigenvalue weighted by Gasteiger charge is 1.93. The van der Waals surface area contributed by atoms with Crippen LogP contribution in [-0.4, -0.2) is 27.5 Å². The summed E-state index contributed by atoms with van der Waals surface area (Å²) in [6.07, 6.45) is 1.51. The second-order valence-electron chi connectivity index (χ2n) is 1.77. The van der Waals surface area contributed by atoms with E-state index in [0.29, 0.717) is 0 Å². The molecule has 0 bridgehead atoms. The van der Waals surface area contributed by atoms with E-state index in [4.69, 9.17) is 5.73 Å². The maximum absolute atomic E-state index is 5.30. The summed E-state index contributed by atoms with van der Waals surface area (Å²) in [7, 11) is 0. The lowest BCUT2D eigenvalue weighted by Crippen LogP contribution is -2.01. The van der Waals surface area contributed by atoms with Crippen LogP contribution in [-0.2, 0) is 5.75 Å². The maximum atomic E-state index is 5.30. The standard InChI is InChI=1S/C5H10N4S/c6-1-2-10-3-5-7-4-8-9-5/h4H,1-3,6H2,(H,7,8,9). The smallest absolute Gasteiger partial charge is 0.137 e. The third kappa shape index (κ3) is 2.36. The highest BCUT2D eigenvalue weighted by Crippen LogP contribution is 2.04. The van der Waals surface area contributed by atoms with Crippen molar-refractivity contribution in [2.24, 2.45) is 5.73 Å². The van der Waals surface area contributed by atoms with Crippen LogP contribution in [0.3, 0.4) is 0 Å². The van der Waals surface area contributed by atoms with E-state index in [2.05, 4.69) is 15.2 Å². The van der Waals surface area contributed by atoms with Crippen molar-refractivity contribution in [3.8, 4) is 0 Å². The normalized spacial score (nSPS) is 10.1. The van der Waals surface area contributed by atoms with E-state index in [1.807, 2.05) is 0 Å². The molecule has 0 amide bonds. The molecule has 0 atom stereocenters. The number of aromatic nitrogens is 3. The van der Waals surface area contributed by atoms with Gasteiger partial charge in [-0.1, -0.05) is 0 Å². The molecule has 0 radical (unpaired) electrons. The summed E-state index contributed by atoms with van der Waals surface area (Å²) in [6, 6.07) is 0. The molecular weight excluding hydrogens is 148 g/mol. The van der Waals surface area contributed by atoms with Gasteiger partial charge in [0.25, 0.3) is 0 Å². The molecule has 0 saturated carbocycles. The molecule has 0 aromatic carbocycles. The van der Waals surface area contributed by atoms with E-state index in [1.165, 1.54) is 6.33 Å². The lowest BCUT2D eigenvalue weighted by atomic mass is 10.7. The van der Waals surface area contributed by atoms with Crippen LogP contribution >= 0.6 is 11.8 Å². The first kappa shape index (κ1) is 7.56. The Morgan fingerprint density at radius 2 is 2.60 bits per heavy atom. The van der Waals surface area contributed by atoms with E-state index in [0.717, 1.165) is 23.9 Å². The molecule has 0 unspecified atom stereocenters. The van der Waals surface area contributed by atoms with Gasteiger partial charge < -0.3 is 5.73 Å². The molecule has 1 aromatic rings. The summed E-state index contributed by atoms with van der Waals surface area (Å²) in [4.78, 5) is 3.96. The van der Waals surface area contributed by atoms with Crippen LogP contribution in [0.4, 0.5) is 0 Å². The summed E-state index contributed by atoms with van der Waals surface area (Å²) >= 11 is 1.75. The summed E-state index contributed by atoms with van der Waals surface area (Å²) in [5.41, 5.74) is 5.30. The first-order valence-corrected chi connectivity index (χ1v) is 4.21.